The van der Waals surface area contributed by atoms with Crippen molar-refractivity contribution in [2.75, 3.05) is 0 Å². The minimum Gasteiger partial charge on any atom is -0.348 e. The van der Waals surface area contributed by atoms with Crippen molar-refractivity contribution in [3.05, 3.63) is 65.4 Å². The van der Waals surface area contributed by atoms with E-state index in [2.05, 4.69) is 53.1 Å². The number of H-pyrrole nitrogens is 1. The van der Waals surface area contributed by atoms with Crippen LogP contribution in [-0.4, -0.2) is 16.2 Å². The average molecular weight is 265 g/mol. The number of aromatic amines is 1. The molecule has 2 aromatic rings. The molecular weight excluding hydrogens is 246 g/mol. The van der Waals surface area contributed by atoms with Gasteiger partial charge in [-0.25, -0.2) is 4.98 Å². The van der Waals surface area contributed by atoms with E-state index in [1.165, 1.54) is 22.4 Å². The Labute approximate surface area is 119 Å². The van der Waals surface area contributed by atoms with Gasteiger partial charge in [-0.15, -0.1) is 0 Å². The van der Waals surface area contributed by atoms with Crippen LogP contribution < -0.4 is 0 Å². The standard InChI is InChI=1S/C17H19N3/c1-12-4-3-5-15(13(12)2)17(16-10-19-11-20-16)14-6-8-18-9-7-14/h3-6,8-11,14,17H,7H2,1-2H3,(H,19,20). The lowest BCUT2D eigenvalue weighted by Gasteiger charge is -2.26. The van der Waals surface area contributed by atoms with Crippen molar-refractivity contribution < 1.29 is 0 Å². The number of rotatable bonds is 3. The molecule has 0 saturated carbocycles. The predicted octanol–water partition coefficient (Wildman–Crippen LogP) is 3.76. The molecule has 3 rings (SSSR count). The number of aliphatic imine (C=N–C) groups is 1. The molecule has 2 unspecified atom stereocenters. The average Bonchev–Trinajstić information content (AvgIpc) is 2.99. The first-order valence-electron chi connectivity index (χ1n) is 7.00. The summed E-state index contributed by atoms with van der Waals surface area (Å²) in [5.74, 6) is 0.730. The fraction of sp³-hybridized carbons (Fsp3) is 0.294. The van der Waals surface area contributed by atoms with E-state index in [9.17, 15) is 0 Å². The van der Waals surface area contributed by atoms with E-state index in [1.807, 2.05) is 18.6 Å². The molecule has 0 radical (unpaired) electrons. The molecule has 2 atom stereocenters. The van der Waals surface area contributed by atoms with Crippen LogP contribution in [-0.2, 0) is 0 Å². The zero-order chi connectivity index (χ0) is 13.9. The topological polar surface area (TPSA) is 41.0 Å². The maximum absolute atomic E-state index is 4.20. The molecule has 0 saturated heterocycles. The number of allylic oxidation sites excluding steroid dienone is 1. The number of nitrogens with one attached hydrogen (secondary N) is 1. The Hall–Kier alpha value is -2.16. The highest BCUT2D eigenvalue weighted by Gasteiger charge is 2.26. The van der Waals surface area contributed by atoms with Gasteiger partial charge in [0, 0.05) is 30.2 Å². The van der Waals surface area contributed by atoms with E-state index < -0.39 is 0 Å². The lowest BCUT2D eigenvalue weighted by molar-refractivity contribution is 0.575. The number of imidazole rings is 1. The molecule has 0 spiro atoms. The summed E-state index contributed by atoms with van der Waals surface area (Å²) in [6, 6.07) is 6.54. The maximum atomic E-state index is 4.20. The van der Waals surface area contributed by atoms with Crippen molar-refractivity contribution in [3.63, 3.8) is 0 Å². The summed E-state index contributed by atoms with van der Waals surface area (Å²) < 4.78 is 0. The minimum atomic E-state index is 0.306. The van der Waals surface area contributed by atoms with Crippen molar-refractivity contribution in [1.82, 2.24) is 9.97 Å². The molecule has 1 aliphatic heterocycles. The quantitative estimate of drug-likeness (QED) is 0.902. The van der Waals surface area contributed by atoms with Crippen molar-refractivity contribution in [1.29, 1.82) is 0 Å². The Bertz CT molecular complexity index is 638. The summed E-state index contributed by atoms with van der Waals surface area (Å²) in [4.78, 5) is 11.7. The first-order valence-corrected chi connectivity index (χ1v) is 7.00. The summed E-state index contributed by atoms with van der Waals surface area (Å²) in [7, 11) is 0. The van der Waals surface area contributed by atoms with Gasteiger partial charge in [-0.2, -0.15) is 0 Å². The smallest absolute Gasteiger partial charge is 0.0921 e. The highest BCUT2D eigenvalue weighted by Crippen LogP contribution is 2.36. The molecule has 1 aromatic carbocycles. The molecule has 1 aromatic heterocycles. The van der Waals surface area contributed by atoms with Crippen LogP contribution in [0.5, 0.6) is 0 Å². The summed E-state index contributed by atoms with van der Waals surface area (Å²) in [5, 5.41) is 0. The second kappa shape index (κ2) is 5.45. The molecule has 1 aliphatic rings. The Morgan fingerprint density at radius 3 is 2.90 bits per heavy atom. The Kier molecular flexibility index (Phi) is 3.50. The molecule has 3 heteroatoms. The van der Waals surface area contributed by atoms with Gasteiger partial charge in [0.2, 0.25) is 0 Å². The zero-order valence-electron chi connectivity index (χ0n) is 11.9. The SMILES string of the molecule is Cc1cccc(C(c2cnc[nH]2)C2C=CN=CC2)c1C. The Morgan fingerprint density at radius 1 is 1.30 bits per heavy atom. The van der Waals surface area contributed by atoms with Gasteiger partial charge in [0.1, 0.15) is 0 Å². The first-order chi connectivity index (χ1) is 9.77. The fourth-order valence-electron chi connectivity index (χ4n) is 2.91. The number of hydrogen-bond donors (Lipinski definition) is 1. The lowest BCUT2D eigenvalue weighted by Crippen LogP contribution is -2.16. The van der Waals surface area contributed by atoms with E-state index in [0.717, 1.165) is 6.42 Å². The second-order valence-corrected chi connectivity index (χ2v) is 5.35. The third kappa shape index (κ3) is 2.31. The molecule has 0 amide bonds. The van der Waals surface area contributed by atoms with Gasteiger partial charge in [-0.05, 0) is 42.9 Å². The number of nitrogens with zero attached hydrogens (tertiary/aromatic N) is 2. The summed E-state index contributed by atoms with van der Waals surface area (Å²) in [6.07, 6.45) is 10.8. The van der Waals surface area contributed by atoms with Crippen LogP contribution >= 0.6 is 0 Å². The molecule has 3 nitrogen and oxygen atoms in total. The number of aromatic nitrogens is 2. The van der Waals surface area contributed by atoms with Crippen molar-refractivity contribution in [2.45, 2.75) is 26.2 Å². The van der Waals surface area contributed by atoms with Gasteiger partial charge >= 0.3 is 0 Å². The number of benzene rings is 1. The molecule has 1 N–H and O–H groups in total. The predicted molar refractivity (Wildman–Crippen MR) is 82.1 cm³/mol. The van der Waals surface area contributed by atoms with E-state index in [-0.39, 0.29) is 0 Å². The maximum Gasteiger partial charge on any atom is 0.0921 e. The fourth-order valence-corrected chi connectivity index (χ4v) is 2.91. The van der Waals surface area contributed by atoms with E-state index in [0.29, 0.717) is 11.8 Å². The van der Waals surface area contributed by atoms with E-state index in [1.54, 1.807) is 6.33 Å². The highest BCUT2D eigenvalue weighted by atomic mass is 14.9. The Balaban J connectivity index is 2.08. The van der Waals surface area contributed by atoms with Crippen LogP contribution in [0.2, 0.25) is 0 Å². The van der Waals surface area contributed by atoms with Crippen LogP contribution in [0.3, 0.4) is 0 Å². The van der Waals surface area contributed by atoms with Gasteiger partial charge in [-0.3, -0.25) is 4.99 Å². The molecular formula is C17H19N3. The van der Waals surface area contributed by atoms with Gasteiger partial charge < -0.3 is 4.98 Å². The summed E-state index contributed by atoms with van der Waals surface area (Å²) in [5.41, 5.74) is 5.24. The monoisotopic (exact) mass is 265 g/mol. The molecule has 2 heterocycles. The molecule has 102 valence electrons. The van der Waals surface area contributed by atoms with Gasteiger partial charge in [0.15, 0.2) is 0 Å². The molecule has 0 bridgehead atoms. The summed E-state index contributed by atoms with van der Waals surface area (Å²) in [6.45, 7) is 4.37. The van der Waals surface area contributed by atoms with E-state index in [4.69, 9.17) is 0 Å². The molecule has 0 aliphatic carbocycles. The first kappa shape index (κ1) is 12.9. The third-order valence-electron chi connectivity index (χ3n) is 4.17. The number of hydrogen-bond acceptors (Lipinski definition) is 2. The summed E-state index contributed by atoms with van der Waals surface area (Å²) >= 11 is 0. The zero-order valence-corrected chi connectivity index (χ0v) is 11.9. The van der Waals surface area contributed by atoms with Crippen LogP contribution in [0.25, 0.3) is 0 Å². The van der Waals surface area contributed by atoms with Crippen molar-refractivity contribution in [2.24, 2.45) is 10.9 Å². The van der Waals surface area contributed by atoms with Crippen LogP contribution in [0.1, 0.15) is 34.7 Å². The van der Waals surface area contributed by atoms with Crippen LogP contribution in [0.4, 0.5) is 0 Å². The highest BCUT2D eigenvalue weighted by molar-refractivity contribution is 5.61. The van der Waals surface area contributed by atoms with Crippen molar-refractivity contribution >= 4 is 6.21 Å². The van der Waals surface area contributed by atoms with Crippen molar-refractivity contribution in [3.8, 4) is 0 Å². The van der Waals surface area contributed by atoms with Gasteiger partial charge in [0.05, 0.1) is 6.33 Å². The minimum absolute atomic E-state index is 0.306. The number of aryl methyl sites for hydroxylation is 1. The largest absolute Gasteiger partial charge is 0.348 e. The van der Waals surface area contributed by atoms with Gasteiger partial charge in [-0.1, -0.05) is 24.3 Å². The third-order valence-corrected chi connectivity index (χ3v) is 4.17. The molecule has 20 heavy (non-hydrogen) atoms. The van der Waals surface area contributed by atoms with Crippen LogP contribution in [0, 0.1) is 19.8 Å². The molecule has 0 fully saturated rings. The van der Waals surface area contributed by atoms with Gasteiger partial charge in [0.25, 0.3) is 0 Å². The Morgan fingerprint density at radius 2 is 2.20 bits per heavy atom. The lowest BCUT2D eigenvalue weighted by atomic mass is 9.79. The van der Waals surface area contributed by atoms with Crippen LogP contribution in [0.15, 0.2) is 48.0 Å². The second-order valence-electron chi connectivity index (χ2n) is 5.35. The normalized spacial score (nSPS) is 19.2. The van der Waals surface area contributed by atoms with E-state index >= 15 is 0 Å².